The van der Waals surface area contributed by atoms with E-state index in [1.807, 2.05) is 41.3 Å². The van der Waals surface area contributed by atoms with E-state index in [9.17, 15) is 9.59 Å². The third-order valence-electron chi connectivity index (χ3n) is 7.29. The summed E-state index contributed by atoms with van der Waals surface area (Å²) in [5.74, 6) is 0.600. The van der Waals surface area contributed by atoms with E-state index in [4.69, 9.17) is 0 Å². The van der Waals surface area contributed by atoms with E-state index < -0.39 is 0 Å². The van der Waals surface area contributed by atoms with Crippen LogP contribution < -0.4 is 10.6 Å². The van der Waals surface area contributed by atoms with E-state index in [1.165, 1.54) is 5.56 Å². The van der Waals surface area contributed by atoms with Gasteiger partial charge in [-0.1, -0.05) is 60.7 Å². The summed E-state index contributed by atoms with van der Waals surface area (Å²) in [6, 6.07) is 20.4. The highest BCUT2D eigenvalue weighted by molar-refractivity contribution is 5.84. The SMILES string of the molecule is O=C1NC2(CCN(C(=O)NCc3ccccc3)CC2)[C@H]2CN(Cc3ccccc3)C[C@@H]12. The maximum absolute atomic E-state index is 12.8. The van der Waals surface area contributed by atoms with Gasteiger partial charge in [-0.05, 0) is 24.0 Å². The summed E-state index contributed by atoms with van der Waals surface area (Å²) in [6.07, 6.45) is 1.66. The number of amides is 3. The number of piperidine rings is 1. The van der Waals surface area contributed by atoms with Crippen LogP contribution in [0.15, 0.2) is 60.7 Å². The Kier molecular flexibility index (Phi) is 5.40. The van der Waals surface area contributed by atoms with Gasteiger partial charge < -0.3 is 15.5 Å². The number of nitrogens with zero attached hydrogens (tertiary/aromatic N) is 2. The summed E-state index contributed by atoms with van der Waals surface area (Å²) in [4.78, 5) is 29.7. The fraction of sp³-hybridized carbons (Fsp3) is 0.440. The van der Waals surface area contributed by atoms with E-state index >= 15 is 0 Å². The molecule has 3 aliphatic rings. The van der Waals surface area contributed by atoms with Gasteiger partial charge in [-0.2, -0.15) is 0 Å². The zero-order valence-corrected chi connectivity index (χ0v) is 17.8. The Bertz CT molecular complexity index is 925. The van der Waals surface area contributed by atoms with Crippen LogP contribution >= 0.6 is 0 Å². The van der Waals surface area contributed by atoms with Crippen LogP contribution in [0.4, 0.5) is 4.79 Å². The van der Waals surface area contributed by atoms with E-state index in [0.29, 0.717) is 25.6 Å². The average Bonchev–Trinajstić information content (AvgIpc) is 3.33. The summed E-state index contributed by atoms with van der Waals surface area (Å²) in [6.45, 7) is 4.57. The van der Waals surface area contributed by atoms with Crippen molar-refractivity contribution < 1.29 is 9.59 Å². The molecule has 0 aliphatic carbocycles. The van der Waals surface area contributed by atoms with Gasteiger partial charge in [0.25, 0.3) is 0 Å². The molecule has 1 spiro atoms. The smallest absolute Gasteiger partial charge is 0.317 e. The van der Waals surface area contributed by atoms with Gasteiger partial charge in [0.15, 0.2) is 0 Å². The third kappa shape index (κ3) is 4.04. The molecule has 162 valence electrons. The zero-order valence-electron chi connectivity index (χ0n) is 17.8. The quantitative estimate of drug-likeness (QED) is 0.802. The Morgan fingerprint density at radius 3 is 2.29 bits per heavy atom. The molecule has 2 aromatic rings. The lowest BCUT2D eigenvalue weighted by molar-refractivity contribution is -0.123. The molecule has 0 bridgehead atoms. The normalized spacial score (nSPS) is 24.8. The van der Waals surface area contributed by atoms with Crippen LogP contribution in [0.25, 0.3) is 0 Å². The van der Waals surface area contributed by atoms with Gasteiger partial charge in [0.1, 0.15) is 0 Å². The standard InChI is InChI=1S/C25H30N4O2/c30-23-21-17-28(16-20-9-5-2-6-10-20)18-22(21)25(27-23)11-13-29(14-12-25)24(31)26-15-19-7-3-1-4-8-19/h1-10,21-22H,11-18H2,(H,26,31)(H,27,30)/t21-,22+/m1/s1. The van der Waals surface area contributed by atoms with Gasteiger partial charge in [0.05, 0.1) is 5.92 Å². The molecule has 6 nitrogen and oxygen atoms in total. The summed E-state index contributed by atoms with van der Waals surface area (Å²) in [5.41, 5.74) is 2.23. The first-order chi connectivity index (χ1) is 15.1. The minimum absolute atomic E-state index is 0.0169. The molecule has 2 aromatic carbocycles. The Morgan fingerprint density at radius 2 is 1.61 bits per heavy atom. The van der Waals surface area contributed by atoms with Crippen molar-refractivity contribution in [1.82, 2.24) is 20.4 Å². The van der Waals surface area contributed by atoms with Crippen molar-refractivity contribution >= 4 is 11.9 Å². The predicted molar refractivity (Wildman–Crippen MR) is 119 cm³/mol. The molecule has 2 N–H and O–H groups in total. The van der Waals surface area contributed by atoms with Crippen molar-refractivity contribution in [2.75, 3.05) is 26.2 Å². The molecule has 6 heteroatoms. The zero-order chi connectivity index (χ0) is 21.3. The Morgan fingerprint density at radius 1 is 0.968 bits per heavy atom. The molecular formula is C25H30N4O2. The predicted octanol–water partition coefficient (Wildman–Crippen LogP) is 2.61. The van der Waals surface area contributed by atoms with Gasteiger partial charge >= 0.3 is 6.03 Å². The van der Waals surface area contributed by atoms with Crippen molar-refractivity contribution in [1.29, 1.82) is 0 Å². The monoisotopic (exact) mass is 418 g/mol. The van der Waals surface area contributed by atoms with Crippen molar-refractivity contribution in [2.45, 2.75) is 31.5 Å². The van der Waals surface area contributed by atoms with Gasteiger partial charge in [-0.3, -0.25) is 9.69 Å². The highest BCUT2D eigenvalue weighted by atomic mass is 16.2. The molecule has 31 heavy (non-hydrogen) atoms. The van der Waals surface area contributed by atoms with Crippen molar-refractivity contribution in [3.8, 4) is 0 Å². The minimum atomic E-state index is -0.163. The largest absolute Gasteiger partial charge is 0.350 e. The molecule has 5 rings (SSSR count). The molecule has 0 aromatic heterocycles. The highest BCUT2D eigenvalue weighted by Gasteiger charge is 2.57. The Labute approximate surface area is 183 Å². The average molecular weight is 419 g/mol. The maximum atomic E-state index is 12.8. The third-order valence-corrected chi connectivity index (χ3v) is 7.29. The van der Waals surface area contributed by atoms with Gasteiger partial charge in [0.2, 0.25) is 5.91 Å². The van der Waals surface area contributed by atoms with Crippen LogP contribution in [-0.4, -0.2) is 53.5 Å². The van der Waals surface area contributed by atoms with Crippen LogP contribution in [0.2, 0.25) is 0 Å². The number of rotatable bonds is 4. The summed E-state index contributed by atoms with van der Waals surface area (Å²) in [5, 5.41) is 6.38. The van der Waals surface area contributed by atoms with Crippen molar-refractivity contribution in [3.63, 3.8) is 0 Å². The molecular weight excluding hydrogens is 388 g/mol. The van der Waals surface area contributed by atoms with Gasteiger partial charge in [-0.15, -0.1) is 0 Å². The van der Waals surface area contributed by atoms with Crippen LogP contribution in [0.5, 0.6) is 0 Å². The topological polar surface area (TPSA) is 64.7 Å². The number of carbonyl (C=O) groups excluding carboxylic acids is 2. The molecule has 3 saturated heterocycles. The number of fused-ring (bicyclic) bond motifs is 2. The van der Waals surface area contributed by atoms with E-state index in [2.05, 4.69) is 39.8 Å². The van der Waals surface area contributed by atoms with Gasteiger partial charge in [-0.25, -0.2) is 4.79 Å². The summed E-state index contributed by atoms with van der Waals surface area (Å²) < 4.78 is 0. The first-order valence-corrected chi connectivity index (χ1v) is 11.3. The number of nitrogens with one attached hydrogen (secondary N) is 2. The van der Waals surface area contributed by atoms with E-state index in [0.717, 1.165) is 38.0 Å². The molecule has 0 saturated carbocycles. The molecule has 3 heterocycles. The number of likely N-dealkylation sites (tertiary alicyclic amines) is 2. The molecule has 3 amide bonds. The molecule has 3 aliphatic heterocycles. The second kappa shape index (κ2) is 8.35. The lowest BCUT2D eigenvalue weighted by Gasteiger charge is -2.42. The fourth-order valence-electron chi connectivity index (χ4n) is 5.60. The van der Waals surface area contributed by atoms with Crippen molar-refractivity contribution in [2.24, 2.45) is 11.8 Å². The van der Waals surface area contributed by atoms with Gasteiger partial charge in [0, 0.05) is 50.7 Å². The number of carbonyl (C=O) groups is 2. The summed E-state index contributed by atoms with van der Waals surface area (Å²) >= 11 is 0. The van der Waals surface area contributed by atoms with Crippen LogP contribution in [0.1, 0.15) is 24.0 Å². The van der Waals surface area contributed by atoms with Crippen LogP contribution in [0, 0.1) is 11.8 Å². The number of benzene rings is 2. The van der Waals surface area contributed by atoms with Crippen LogP contribution in [0.3, 0.4) is 0 Å². The second-order valence-electron chi connectivity index (χ2n) is 9.17. The number of hydrogen-bond acceptors (Lipinski definition) is 3. The van der Waals surface area contributed by atoms with E-state index in [1.54, 1.807) is 0 Å². The Hall–Kier alpha value is -2.86. The molecule has 2 atom stereocenters. The second-order valence-corrected chi connectivity index (χ2v) is 9.17. The maximum Gasteiger partial charge on any atom is 0.317 e. The minimum Gasteiger partial charge on any atom is -0.350 e. The lowest BCUT2D eigenvalue weighted by atomic mass is 9.75. The van der Waals surface area contributed by atoms with Crippen LogP contribution in [-0.2, 0) is 17.9 Å². The van der Waals surface area contributed by atoms with E-state index in [-0.39, 0.29) is 23.4 Å². The Balaban J connectivity index is 1.18. The van der Waals surface area contributed by atoms with Crippen molar-refractivity contribution in [3.05, 3.63) is 71.8 Å². The molecule has 0 radical (unpaired) electrons. The molecule has 3 fully saturated rings. The molecule has 0 unspecified atom stereocenters. The first kappa shape index (κ1) is 20.1. The number of urea groups is 1. The first-order valence-electron chi connectivity index (χ1n) is 11.3. The highest BCUT2D eigenvalue weighted by Crippen LogP contribution is 2.44. The summed E-state index contributed by atoms with van der Waals surface area (Å²) in [7, 11) is 0. The lowest BCUT2D eigenvalue weighted by Crippen LogP contribution is -2.57. The number of hydrogen-bond donors (Lipinski definition) is 2. The fourth-order valence-corrected chi connectivity index (χ4v) is 5.60.